The van der Waals surface area contributed by atoms with Gasteiger partial charge in [0.15, 0.2) is 0 Å². The molecule has 248 valence electrons. The van der Waals surface area contributed by atoms with E-state index in [2.05, 4.69) is 24.5 Å². The molecule has 0 bridgehead atoms. The van der Waals surface area contributed by atoms with Gasteiger partial charge in [0, 0.05) is 18.2 Å². The number of hydrogen-bond acceptors (Lipinski definition) is 5. The summed E-state index contributed by atoms with van der Waals surface area (Å²) in [4.78, 5) is 44.2. The van der Waals surface area contributed by atoms with E-state index >= 15 is 0 Å². The van der Waals surface area contributed by atoms with Crippen LogP contribution in [0.25, 0.3) is 0 Å². The van der Waals surface area contributed by atoms with Crippen LogP contribution >= 0.6 is 0 Å². The van der Waals surface area contributed by atoms with E-state index in [4.69, 9.17) is 4.74 Å². The Morgan fingerprint density at radius 1 is 0.870 bits per heavy atom. The molecule has 0 aromatic heterocycles. The lowest BCUT2D eigenvalue weighted by atomic mass is 9.93. The molecule has 0 aliphatic rings. The fraction of sp³-hybridized carbons (Fsp3) is 0.447. The molecule has 3 aromatic rings. The SMILES string of the molecule is Cc1ccc(C(C(=O)Nc2ccccc2C)N(C(=O)C(Cc2ccc(O)cc2)NC(=O)OC(C)(C)C)C(C)CCC(C)C)c(C)c1. The molecule has 0 saturated heterocycles. The molecule has 8 heteroatoms. The highest BCUT2D eigenvalue weighted by Gasteiger charge is 2.39. The van der Waals surface area contributed by atoms with Gasteiger partial charge in [-0.1, -0.05) is 67.9 Å². The Labute approximate surface area is 274 Å². The van der Waals surface area contributed by atoms with Crippen LogP contribution in [0.3, 0.4) is 0 Å². The van der Waals surface area contributed by atoms with E-state index in [-0.39, 0.29) is 24.1 Å². The Morgan fingerprint density at radius 3 is 2.11 bits per heavy atom. The summed E-state index contributed by atoms with van der Waals surface area (Å²) in [6.07, 6.45) is 0.893. The van der Waals surface area contributed by atoms with Crippen LogP contribution in [0.5, 0.6) is 5.75 Å². The fourth-order valence-electron chi connectivity index (χ4n) is 5.47. The molecule has 0 saturated carbocycles. The second kappa shape index (κ2) is 15.8. The Bertz CT molecular complexity index is 1490. The van der Waals surface area contributed by atoms with Crippen molar-refractivity contribution in [2.75, 3.05) is 5.32 Å². The quantitative estimate of drug-likeness (QED) is 0.190. The first-order valence-electron chi connectivity index (χ1n) is 16.1. The van der Waals surface area contributed by atoms with Crippen LogP contribution in [0.15, 0.2) is 66.7 Å². The summed E-state index contributed by atoms with van der Waals surface area (Å²) in [6.45, 7) is 17.4. The summed E-state index contributed by atoms with van der Waals surface area (Å²) in [5.74, 6) is -0.266. The number of ether oxygens (including phenoxy) is 1. The monoisotopic (exact) mass is 629 g/mol. The molecule has 46 heavy (non-hydrogen) atoms. The van der Waals surface area contributed by atoms with Crippen LogP contribution in [0.1, 0.15) is 88.2 Å². The number of aryl methyl sites for hydroxylation is 3. The third kappa shape index (κ3) is 10.4. The number of phenolic OH excluding ortho intramolecular Hbond substituents is 1. The van der Waals surface area contributed by atoms with Crippen LogP contribution in [0.2, 0.25) is 0 Å². The highest BCUT2D eigenvalue weighted by Crippen LogP contribution is 2.32. The van der Waals surface area contributed by atoms with Gasteiger partial charge in [0.2, 0.25) is 5.91 Å². The molecule has 3 aromatic carbocycles. The van der Waals surface area contributed by atoms with Gasteiger partial charge in [0.25, 0.3) is 5.91 Å². The maximum absolute atomic E-state index is 14.9. The number of nitrogens with one attached hydrogen (secondary N) is 2. The molecule has 3 N–H and O–H groups in total. The largest absolute Gasteiger partial charge is 0.508 e. The van der Waals surface area contributed by atoms with Gasteiger partial charge in [-0.25, -0.2) is 4.79 Å². The lowest BCUT2D eigenvalue weighted by Crippen LogP contribution is -2.55. The van der Waals surface area contributed by atoms with Gasteiger partial charge in [-0.05, 0) is 108 Å². The number of rotatable bonds is 12. The molecule has 0 spiro atoms. The predicted molar refractivity (Wildman–Crippen MR) is 184 cm³/mol. The van der Waals surface area contributed by atoms with E-state index in [0.717, 1.165) is 28.7 Å². The van der Waals surface area contributed by atoms with Crippen molar-refractivity contribution in [3.05, 3.63) is 94.5 Å². The summed E-state index contributed by atoms with van der Waals surface area (Å²) in [5.41, 5.74) is 4.15. The molecule has 0 aliphatic heterocycles. The fourth-order valence-corrected chi connectivity index (χ4v) is 5.47. The number of para-hydroxylation sites is 1. The first kappa shape index (κ1) is 36.1. The van der Waals surface area contributed by atoms with Crippen LogP contribution in [-0.2, 0) is 20.7 Å². The molecule has 8 nitrogen and oxygen atoms in total. The number of anilines is 1. The van der Waals surface area contributed by atoms with Crippen molar-refractivity contribution in [2.24, 2.45) is 5.92 Å². The van der Waals surface area contributed by atoms with Gasteiger partial charge >= 0.3 is 6.09 Å². The van der Waals surface area contributed by atoms with Crippen molar-refractivity contribution in [3.8, 4) is 5.75 Å². The van der Waals surface area contributed by atoms with Crippen molar-refractivity contribution in [2.45, 2.75) is 105 Å². The summed E-state index contributed by atoms with van der Waals surface area (Å²) >= 11 is 0. The third-order valence-corrected chi connectivity index (χ3v) is 7.91. The number of amides is 3. The minimum atomic E-state index is -1.06. The standard InChI is InChI=1S/C38H51N3O5/c1-24(2)14-16-28(6)41(36(44)33(40-37(45)46-38(7,8)9)23-29-17-19-30(42)20-18-29)34(31-21-15-25(3)22-27(31)5)35(43)39-32-13-11-10-12-26(32)4/h10-13,15,17-22,24,28,33-34,42H,14,16,23H2,1-9H3,(H,39,43)(H,40,45). The Kier molecular flexibility index (Phi) is 12.4. The van der Waals surface area contributed by atoms with Crippen LogP contribution in [-0.4, -0.2) is 45.6 Å². The van der Waals surface area contributed by atoms with Crippen molar-refractivity contribution >= 4 is 23.6 Å². The zero-order valence-electron chi connectivity index (χ0n) is 28.8. The molecule has 0 fully saturated rings. The number of nitrogens with zero attached hydrogens (tertiary/aromatic N) is 1. The zero-order chi connectivity index (χ0) is 34.2. The molecular weight excluding hydrogens is 578 g/mol. The molecule has 0 heterocycles. The van der Waals surface area contributed by atoms with Gasteiger partial charge in [-0.3, -0.25) is 9.59 Å². The van der Waals surface area contributed by atoms with Crippen LogP contribution in [0, 0.1) is 26.7 Å². The van der Waals surface area contributed by atoms with Crippen molar-refractivity contribution in [1.82, 2.24) is 10.2 Å². The minimum absolute atomic E-state index is 0.0958. The molecule has 3 atom stereocenters. The van der Waals surface area contributed by atoms with E-state index in [1.54, 1.807) is 49.9 Å². The lowest BCUT2D eigenvalue weighted by Gasteiger charge is -2.39. The molecule has 3 amide bonds. The highest BCUT2D eigenvalue weighted by atomic mass is 16.6. The van der Waals surface area contributed by atoms with Gasteiger partial charge < -0.3 is 25.4 Å². The maximum Gasteiger partial charge on any atom is 0.408 e. The zero-order valence-corrected chi connectivity index (χ0v) is 28.8. The average Bonchev–Trinajstić information content (AvgIpc) is 2.95. The van der Waals surface area contributed by atoms with Gasteiger partial charge in [-0.2, -0.15) is 0 Å². The van der Waals surface area contributed by atoms with Crippen molar-refractivity contribution in [1.29, 1.82) is 0 Å². The second-order valence-electron chi connectivity index (χ2n) is 13.7. The van der Waals surface area contributed by atoms with E-state index in [1.165, 1.54) is 0 Å². The van der Waals surface area contributed by atoms with E-state index in [9.17, 15) is 19.5 Å². The van der Waals surface area contributed by atoms with Gasteiger partial charge in [0.05, 0.1) is 0 Å². The Morgan fingerprint density at radius 2 is 1.52 bits per heavy atom. The molecule has 3 rings (SSSR count). The molecular formula is C38H51N3O5. The number of carbonyl (C=O) groups is 3. The Balaban J connectivity index is 2.18. The number of hydrogen-bond donors (Lipinski definition) is 3. The number of benzene rings is 3. The minimum Gasteiger partial charge on any atom is -0.508 e. The lowest BCUT2D eigenvalue weighted by molar-refractivity contribution is -0.143. The number of phenols is 1. The summed E-state index contributed by atoms with van der Waals surface area (Å²) in [6, 6.07) is 17.5. The summed E-state index contributed by atoms with van der Waals surface area (Å²) in [5, 5.41) is 15.8. The normalized spacial score (nSPS) is 13.4. The first-order valence-corrected chi connectivity index (χ1v) is 16.1. The van der Waals surface area contributed by atoms with Gasteiger partial charge in [0.1, 0.15) is 23.4 Å². The third-order valence-electron chi connectivity index (χ3n) is 7.91. The topological polar surface area (TPSA) is 108 Å². The summed E-state index contributed by atoms with van der Waals surface area (Å²) < 4.78 is 5.57. The molecule has 3 unspecified atom stereocenters. The number of aromatic hydroxyl groups is 1. The number of carbonyl (C=O) groups excluding carboxylic acids is 3. The Hall–Kier alpha value is -4.33. The van der Waals surface area contributed by atoms with Crippen LogP contribution in [0.4, 0.5) is 10.5 Å². The second-order valence-corrected chi connectivity index (χ2v) is 13.7. The van der Waals surface area contributed by atoms with Gasteiger partial charge in [-0.15, -0.1) is 0 Å². The molecule has 0 radical (unpaired) electrons. The molecule has 0 aliphatic carbocycles. The smallest absolute Gasteiger partial charge is 0.408 e. The summed E-state index contributed by atoms with van der Waals surface area (Å²) in [7, 11) is 0. The highest BCUT2D eigenvalue weighted by molar-refractivity contribution is 5.99. The average molecular weight is 630 g/mol. The van der Waals surface area contributed by atoms with E-state index in [0.29, 0.717) is 23.6 Å². The van der Waals surface area contributed by atoms with Crippen LogP contribution < -0.4 is 10.6 Å². The number of alkyl carbamates (subject to hydrolysis) is 1. The first-order chi connectivity index (χ1) is 21.6. The van der Waals surface area contributed by atoms with Crippen molar-refractivity contribution < 1.29 is 24.2 Å². The maximum atomic E-state index is 14.9. The van der Waals surface area contributed by atoms with E-state index < -0.39 is 29.7 Å². The van der Waals surface area contributed by atoms with E-state index in [1.807, 2.05) is 70.2 Å². The van der Waals surface area contributed by atoms with Crippen molar-refractivity contribution in [3.63, 3.8) is 0 Å². The predicted octanol–water partition coefficient (Wildman–Crippen LogP) is 7.79.